The first-order valence-electron chi connectivity index (χ1n) is 8.39. The maximum Gasteiger partial charge on any atom is 0.258 e. The number of thiocarbonyl (C=S) groups is 1. The quantitative estimate of drug-likeness (QED) is 0.417. The number of oxazole rings is 1. The van der Waals surface area contributed by atoms with Crippen LogP contribution in [0.2, 0.25) is 10.0 Å². The number of anilines is 1. The van der Waals surface area contributed by atoms with Crippen LogP contribution in [0, 0.1) is 0 Å². The Morgan fingerprint density at radius 2 is 1.90 bits per heavy atom. The molecule has 29 heavy (non-hydrogen) atoms. The highest BCUT2D eigenvalue weighted by molar-refractivity contribution is 7.80. The second kappa shape index (κ2) is 8.16. The number of halogens is 2. The van der Waals surface area contributed by atoms with Crippen LogP contribution in [0.1, 0.15) is 10.4 Å². The fourth-order valence-corrected chi connectivity index (χ4v) is 3.23. The Morgan fingerprint density at radius 3 is 2.72 bits per heavy atom. The summed E-state index contributed by atoms with van der Waals surface area (Å²) in [6.45, 7) is 0. The SMILES string of the molecule is O=C(NC(=S)Nc1cccc(-c2nc3ncccc3o2)c1)c1cccc(Cl)c1Cl. The largest absolute Gasteiger partial charge is 0.434 e. The number of pyridine rings is 1. The molecule has 6 nitrogen and oxygen atoms in total. The molecule has 4 aromatic rings. The van der Waals surface area contributed by atoms with Crippen LogP contribution in [-0.4, -0.2) is 21.0 Å². The minimum Gasteiger partial charge on any atom is -0.434 e. The second-order valence-electron chi connectivity index (χ2n) is 5.93. The molecule has 0 fully saturated rings. The van der Waals surface area contributed by atoms with Gasteiger partial charge in [0.1, 0.15) is 0 Å². The summed E-state index contributed by atoms with van der Waals surface area (Å²) in [4.78, 5) is 20.9. The molecule has 2 aromatic carbocycles. The zero-order chi connectivity index (χ0) is 20.4. The third-order valence-electron chi connectivity index (χ3n) is 3.96. The molecule has 9 heteroatoms. The number of benzene rings is 2. The van der Waals surface area contributed by atoms with E-state index in [1.54, 1.807) is 48.7 Å². The zero-order valence-corrected chi connectivity index (χ0v) is 17.0. The lowest BCUT2D eigenvalue weighted by Crippen LogP contribution is -2.34. The van der Waals surface area contributed by atoms with E-state index in [1.165, 1.54) is 0 Å². The van der Waals surface area contributed by atoms with Crippen molar-refractivity contribution in [3.63, 3.8) is 0 Å². The van der Waals surface area contributed by atoms with Crippen molar-refractivity contribution in [2.75, 3.05) is 5.32 Å². The number of fused-ring (bicyclic) bond motifs is 1. The van der Waals surface area contributed by atoms with E-state index in [1.807, 2.05) is 12.1 Å². The van der Waals surface area contributed by atoms with Crippen LogP contribution >= 0.6 is 35.4 Å². The van der Waals surface area contributed by atoms with Crippen LogP contribution in [0.4, 0.5) is 5.69 Å². The summed E-state index contributed by atoms with van der Waals surface area (Å²) in [6.07, 6.45) is 1.65. The number of hydrogen-bond donors (Lipinski definition) is 2. The maximum atomic E-state index is 12.4. The summed E-state index contributed by atoms with van der Waals surface area (Å²) in [5, 5.41) is 6.11. The van der Waals surface area contributed by atoms with Gasteiger partial charge in [-0.2, -0.15) is 4.98 Å². The van der Waals surface area contributed by atoms with E-state index in [2.05, 4.69) is 20.6 Å². The van der Waals surface area contributed by atoms with Crippen LogP contribution in [0.5, 0.6) is 0 Å². The van der Waals surface area contributed by atoms with E-state index in [4.69, 9.17) is 39.8 Å². The fourth-order valence-electron chi connectivity index (χ4n) is 2.63. The molecule has 4 rings (SSSR count). The van der Waals surface area contributed by atoms with Crippen molar-refractivity contribution < 1.29 is 9.21 Å². The Hall–Kier alpha value is -3.00. The van der Waals surface area contributed by atoms with Gasteiger partial charge in [-0.15, -0.1) is 0 Å². The van der Waals surface area contributed by atoms with Crippen molar-refractivity contribution in [2.24, 2.45) is 0 Å². The van der Waals surface area contributed by atoms with E-state index in [0.29, 0.717) is 27.8 Å². The summed E-state index contributed by atoms with van der Waals surface area (Å²) < 4.78 is 5.73. The Bertz CT molecular complexity index is 1210. The first-order valence-corrected chi connectivity index (χ1v) is 9.56. The van der Waals surface area contributed by atoms with Crippen molar-refractivity contribution in [1.29, 1.82) is 0 Å². The molecule has 2 N–H and O–H groups in total. The Labute approximate surface area is 180 Å². The molecule has 0 atom stereocenters. The topological polar surface area (TPSA) is 80.0 Å². The number of nitrogens with one attached hydrogen (secondary N) is 2. The Morgan fingerprint density at radius 1 is 1.07 bits per heavy atom. The van der Waals surface area contributed by atoms with Gasteiger partial charge in [0, 0.05) is 17.4 Å². The first kappa shape index (κ1) is 19.3. The van der Waals surface area contributed by atoms with E-state index in [-0.39, 0.29) is 15.7 Å². The lowest BCUT2D eigenvalue weighted by molar-refractivity contribution is 0.0978. The van der Waals surface area contributed by atoms with Gasteiger partial charge in [0.2, 0.25) is 5.89 Å². The molecule has 0 radical (unpaired) electrons. The summed E-state index contributed by atoms with van der Waals surface area (Å²) in [6, 6.07) is 15.7. The van der Waals surface area contributed by atoms with Crippen molar-refractivity contribution in [1.82, 2.24) is 15.3 Å². The van der Waals surface area contributed by atoms with Crippen LogP contribution in [0.25, 0.3) is 22.7 Å². The predicted molar refractivity (Wildman–Crippen MR) is 117 cm³/mol. The highest BCUT2D eigenvalue weighted by Gasteiger charge is 2.14. The molecule has 144 valence electrons. The van der Waals surface area contributed by atoms with Crippen LogP contribution in [0.15, 0.2) is 65.2 Å². The van der Waals surface area contributed by atoms with Crippen LogP contribution in [0.3, 0.4) is 0 Å². The predicted octanol–water partition coefficient (Wildman–Crippen LogP) is 5.32. The molecule has 2 aromatic heterocycles. The lowest BCUT2D eigenvalue weighted by Gasteiger charge is -2.11. The van der Waals surface area contributed by atoms with Crippen molar-refractivity contribution in [2.45, 2.75) is 0 Å². The van der Waals surface area contributed by atoms with Gasteiger partial charge in [0.25, 0.3) is 5.91 Å². The molecule has 0 aliphatic heterocycles. The molecule has 0 spiro atoms. The molecule has 2 heterocycles. The van der Waals surface area contributed by atoms with Crippen molar-refractivity contribution in [3.8, 4) is 11.5 Å². The smallest absolute Gasteiger partial charge is 0.258 e. The third-order valence-corrected chi connectivity index (χ3v) is 4.98. The molecule has 1 amide bonds. The second-order valence-corrected chi connectivity index (χ2v) is 7.13. The summed E-state index contributed by atoms with van der Waals surface area (Å²) in [5.41, 5.74) is 2.75. The number of carbonyl (C=O) groups is 1. The van der Waals surface area contributed by atoms with Gasteiger partial charge in [-0.05, 0) is 54.7 Å². The number of rotatable bonds is 3. The number of nitrogens with zero attached hydrogens (tertiary/aromatic N) is 2. The van der Waals surface area contributed by atoms with E-state index in [0.717, 1.165) is 5.56 Å². The number of carbonyl (C=O) groups excluding carboxylic acids is 1. The van der Waals surface area contributed by atoms with E-state index in [9.17, 15) is 4.79 Å². The summed E-state index contributed by atoms with van der Waals surface area (Å²) in [7, 11) is 0. The van der Waals surface area contributed by atoms with Gasteiger partial charge >= 0.3 is 0 Å². The molecule has 0 saturated heterocycles. The molecule has 0 aliphatic carbocycles. The number of aromatic nitrogens is 2. The van der Waals surface area contributed by atoms with Gasteiger partial charge in [0.15, 0.2) is 16.3 Å². The Kier molecular flexibility index (Phi) is 5.44. The van der Waals surface area contributed by atoms with Gasteiger partial charge < -0.3 is 9.73 Å². The minimum absolute atomic E-state index is 0.113. The van der Waals surface area contributed by atoms with Crippen LogP contribution in [-0.2, 0) is 0 Å². The van der Waals surface area contributed by atoms with Gasteiger partial charge in [-0.25, -0.2) is 4.98 Å². The highest BCUT2D eigenvalue weighted by atomic mass is 35.5. The average Bonchev–Trinajstić information content (AvgIpc) is 3.14. The minimum atomic E-state index is -0.462. The van der Waals surface area contributed by atoms with Gasteiger partial charge in [-0.1, -0.05) is 35.3 Å². The van der Waals surface area contributed by atoms with Gasteiger partial charge in [0.05, 0.1) is 15.6 Å². The molecular formula is C20H12Cl2N4O2S. The standard InChI is InChI=1S/C20H12Cl2N4O2S/c21-14-7-2-6-13(16(14)22)18(27)26-20(29)24-12-5-1-4-11(10-12)19-25-17-15(28-19)8-3-9-23-17/h1-10H,(H2,24,26,27,29). The van der Waals surface area contributed by atoms with Crippen molar-refractivity contribution >= 4 is 63.4 Å². The lowest BCUT2D eigenvalue weighted by atomic mass is 10.2. The molecule has 0 bridgehead atoms. The monoisotopic (exact) mass is 442 g/mol. The highest BCUT2D eigenvalue weighted by Crippen LogP contribution is 2.26. The van der Waals surface area contributed by atoms with E-state index < -0.39 is 5.91 Å². The Balaban J connectivity index is 1.49. The third kappa shape index (κ3) is 4.22. The van der Waals surface area contributed by atoms with Crippen molar-refractivity contribution in [3.05, 3.63) is 76.4 Å². The zero-order valence-electron chi connectivity index (χ0n) is 14.6. The maximum absolute atomic E-state index is 12.4. The normalized spacial score (nSPS) is 10.7. The number of hydrogen-bond acceptors (Lipinski definition) is 5. The number of amides is 1. The molecule has 0 saturated carbocycles. The molecule has 0 aliphatic rings. The van der Waals surface area contributed by atoms with Crippen LogP contribution < -0.4 is 10.6 Å². The first-order chi connectivity index (χ1) is 14.0. The fraction of sp³-hybridized carbons (Fsp3) is 0. The van der Waals surface area contributed by atoms with E-state index >= 15 is 0 Å². The molecular weight excluding hydrogens is 431 g/mol. The van der Waals surface area contributed by atoms with Gasteiger partial charge in [-0.3, -0.25) is 10.1 Å². The summed E-state index contributed by atoms with van der Waals surface area (Å²) in [5.74, 6) is -0.0285. The summed E-state index contributed by atoms with van der Waals surface area (Å²) >= 11 is 17.3. The average molecular weight is 443 g/mol. The molecule has 0 unspecified atom stereocenters.